The predicted octanol–water partition coefficient (Wildman–Crippen LogP) is 13.1. The van der Waals surface area contributed by atoms with E-state index in [1.165, 1.54) is 11.1 Å². The second kappa shape index (κ2) is 20.8. The van der Waals surface area contributed by atoms with Crippen LogP contribution < -0.4 is 0 Å². The van der Waals surface area contributed by atoms with Crippen LogP contribution in [0.15, 0.2) is 172 Å². The zero-order chi connectivity index (χ0) is 38.0. The van der Waals surface area contributed by atoms with Crippen LogP contribution in [0.3, 0.4) is 0 Å². The van der Waals surface area contributed by atoms with Gasteiger partial charge in [0.05, 0.1) is 31.2 Å². The quantitative estimate of drug-likeness (QED) is 0.112. The second-order valence-corrected chi connectivity index (χ2v) is 17.8. The first-order chi connectivity index (χ1) is 25.5. The van der Waals surface area contributed by atoms with E-state index >= 15 is 0 Å². The van der Waals surface area contributed by atoms with Gasteiger partial charge in [-0.1, -0.05) is 176 Å². The standard InChI is InChI=1S/C15H14Br2O2.2C14H10Br2O.CH4/c16-13-5-1-3-11(7-13)15(9-18,10-19)12-4-2-6-14(17)8-12;15-12-5-1-3-10(7-12)14(9-17-14)11-4-2-6-13(16)8-11;15-12-5-1-3-10(7-12)14(9-17)11-4-2-6-13(16)8-11;/h1-8,18-19H,9-10H2;1-8H,9H2;1-9,14H;1H4. The molecule has 1 aliphatic rings. The molecule has 4 nitrogen and oxygen atoms in total. The van der Waals surface area contributed by atoms with Crippen molar-refractivity contribution in [2.45, 2.75) is 24.4 Å². The molecule has 6 aromatic carbocycles. The van der Waals surface area contributed by atoms with Crippen molar-refractivity contribution in [1.29, 1.82) is 0 Å². The lowest BCUT2D eigenvalue weighted by atomic mass is 9.76. The summed E-state index contributed by atoms with van der Waals surface area (Å²) in [6.45, 7) is 0.437. The molecule has 1 fully saturated rings. The summed E-state index contributed by atoms with van der Waals surface area (Å²) >= 11 is 20.7. The van der Waals surface area contributed by atoms with Crippen molar-refractivity contribution in [1.82, 2.24) is 0 Å². The Hall–Kier alpha value is -2.25. The molecule has 280 valence electrons. The second-order valence-electron chi connectivity index (χ2n) is 12.3. The number of halogens is 6. The summed E-state index contributed by atoms with van der Waals surface area (Å²) in [5.74, 6) is -0.218. The fourth-order valence-electron chi connectivity index (χ4n) is 5.96. The molecule has 6 aromatic rings. The number of rotatable bonds is 9. The van der Waals surface area contributed by atoms with Gasteiger partial charge in [-0.3, -0.25) is 0 Å². The number of ether oxygens (including phenoxy) is 1. The van der Waals surface area contributed by atoms with Gasteiger partial charge in [-0.15, -0.1) is 0 Å². The Morgan fingerprint density at radius 2 is 0.889 bits per heavy atom. The zero-order valence-corrected chi connectivity index (χ0v) is 37.6. The largest absolute Gasteiger partial charge is 0.395 e. The smallest absolute Gasteiger partial charge is 0.142 e. The maximum Gasteiger partial charge on any atom is 0.142 e. The van der Waals surface area contributed by atoms with Crippen LogP contribution in [-0.2, 0) is 20.5 Å². The van der Waals surface area contributed by atoms with Crippen molar-refractivity contribution in [2.24, 2.45) is 0 Å². The molecule has 0 atom stereocenters. The van der Waals surface area contributed by atoms with Crippen molar-refractivity contribution in [2.75, 3.05) is 19.8 Å². The highest BCUT2D eigenvalue weighted by atomic mass is 79.9. The van der Waals surface area contributed by atoms with Crippen LogP contribution >= 0.6 is 95.6 Å². The molecule has 0 amide bonds. The molecule has 0 radical (unpaired) electrons. The van der Waals surface area contributed by atoms with Crippen LogP contribution in [0.1, 0.15) is 46.7 Å². The van der Waals surface area contributed by atoms with Crippen molar-refractivity contribution in [3.05, 3.63) is 206 Å². The van der Waals surface area contributed by atoms with Crippen molar-refractivity contribution in [3.8, 4) is 0 Å². The van der Waals surface area contributed by atoms with Gasteiger partial charge in [-0.25, -0.2) is 0 Å². The van der Waals surface area contributed by atoms with Crippen molar-refractivity contribution in [3.63, 3.8) is 0 Å². The van der Waals surface area contributed by atoms with E-state index in [1.54, 1.807) is 0 Å². The van der Waals surface area contributed by atoms with E-state index in [4.69, 9.17) is 4.74 Å². The number of carbonyl (C=O) groups is 1. The molecular weight excluding hydrogens is 1070 g/mol. The Morgan fingerprint density at radius 3 is 1.19 bits per heavy atom. The SMILES string of the molecule is Brc1cccc(C2(c3cccc(Br)c3)CO2)c1.C.O=CC(c1cccc(Br)c1)c1cccc(Br)c1.OCC(CO)(c1cccc(Br)c1)c1cccc(Br)c1. The molecule has 54 heavy (non-hydrogen) atoms. The first-order valence-electron chi connectivity index (χ1n) is 16.4. The van der Waals surface area contributed by atoms with Crippen LogP contribution in [0, 0.1) is 0 Å². The van der Waals surface area contributed by atoms with Crippen molar-refractivity contribution >= 4 is 102 Å². The number of hydrogen-bond acceptors (Lipinski definition) is 4. The molecule has 2 N–H and O–H groups in total. The third-order valence-electron chi connectivity index (χ3n) is 8.86. The summed E-state index contributed by atoms with van der Waals surface area (Å²) in [5, 5.41) is 19.7. The van der Waals surface area contributed by atoms with Gasteiger partial charge in [0.2, 0.25) is 0 Å². The maximum absolute atomic E-state index is 11.3. The van der Waals surface area contributed by atoms with Gasteiger partial charge in [0.25, 0.3) is 0 Å². The normalized spacial score (nSPS) is 12.7. The van der Waals surface area contributed by atoms with E-state index in [1.807, 2.05) is 121 Å². The van der Waals surface area contributed by atoms with Gasteiger partial charge >= 0.3 is 0 Å². The Morgan fingerprint density at radius 1 is 0.556 bits per heavy atom. The Kier molecular flexibility index (Phi) is 17.1. The number of aliphatic hydroxyl groups is 2. The first-order valence-corrected chi connectivity index (χ1v) is 21.2. The molecule has 7 rings (SSSR count). The molecule has 0 aromatic heterocycles. The molecule has 10 heteroatoms. The van der Waals surface area contributed by atoms with Gasteiger partial charge in [-0.05, 0) is 106 Å². The Labute approximate surface area is 368 Å². The number of aldehydes is 1. The zero-order valence-electron chi connectivity index (χ0n) is 28.1. The average molecular weight is 1110 g/mol. The van der Waals surface area contributed by atoms with E-state index in [-0.39, 0.29) is 32.2 Å². The fourth-order valence-corrected chi connectivity index (χ4v) is 8.39. The number of carbonyl (C=O) groups excluding carboxylic acids is 1. The topological polar surface area (TPSA) is 70.1 Å². The molecule has 0 unspecified atom stereocenters. The van der Waals surface area contributed by atoms with Crippen LogP contribution in [0.5, 0.6) is 0 Å². The number of benzene rings is 6. The molecular formula is C44H38Br6O4. The average Bonchev–Trinajstić information content (AvgIpc) is 3.96. The van der Waals surface area contributed by atoms with Gasteiger partial charge in [0, 0.05) is 26.8 Å². The highest BCUT2D eigenvalue weighted by molar-refractivity contribution is 9.11. The summed E-state index contributed by atoms with van der Waals surface area (Å²) in [5.41, 5.74) is 5.10. The minimum atomic E-state index is -0.798. The number of hydrogen-bond donors (Lipinski definition) is 2. The van der Waals surface area contributed by atoms with Crippen LogP contribution in [0.2, 0.25) is 0 Å². The summed E-state index contributed by atoms with van der Waals surface area (Å²) in [6, 6.07) is 47.6. The van der Waals surface area contributed by atoms with Gasteiger partial charge in [-0.2, -0.15) is 0 Å². The molecule has 0 bridgehead atoms. The van der Waals surface area contributed by atoms with E-state index in [2.05, 4.69) is 120 Å². The van der Waals surface area contributed by atoms with Gasteiger partial charge in [0.1, 0.15) is 11.9 Å². The monoisotopic (exact) mass is 1100 g/mol. The highest BCUT2D eigenvalue weighted by Crippen LogP contribution is 2.46. The van der Waals surface area contributed by atoms with Gasteiger partial charge < -0.3 is 19.7 Å². The third-order valence-corrected chi connectivity index (χ3v) is 11.8. The molecule has 0 aliphatic carbocycles. The van der Waals surface area contributed by atoms with E-state index in [9.17, 15) is 15.0 Å². The van der Waals surface area contributed by atoms with Crippen LogP contribution in [0.4, 0.5) is 0 Å². The minimum Gasteiger partial charge on any atom is -0.395 e. The third kappa shape index (κ3) is 11.2. The predicted molar refractivity (Wildman–Crippen MR) is 241 cm³/mol. The Bertz CT molecular complexity index is 2010. The Balaban J connectivity index is 0.000000179. The highest BCUT2D eigenvalue weighted by Gasteiger charge is 2.48. The van der Waals surface area contributed by atoms with Gasteiger partial charge in [0.15, 0.2) is 0 Å². The molecule has 1 aliphatic heterocycles. The summed E-state index contributed by atoms with van der Waals surface area (Å²) in [4.78, 5) is 11.3. The van der Waals surface area contributed by atoms with E-state index in [0.717, 1.165) is 62.0 Å². The van der Waals surface area contributed by atoms with Crippen LogP contribution in [-0.4, -0.2) is 36.3 Å². The van der Waals surface area contributed by atoms with Crippen molar-refractivity contribution < 1.29 is 19.7 Å². The number of aliphatic hydroxyl groups excluding tert-OH is 2. The first kappa shape index (κ1) is 44.5. The van der Waals surface area contributed by atoms with E-state index < -0.39 is 5.41 Å². The molecule has 1 heterocycles. The van der Waals surface area contributed by atoms with E-state index in [0.29, 0.717) is 0 Å². The maximum atomic E-state index is 11.3. The number of epoxide rings is 1. The fraction of sp³-hybridized carbons (Fsp3) is 0.159. The lowest BCUT2D eigenvalue weighted by molar-refractivity contribution is -0.108. The molecule has 0 saturated carbocycles. The summed E-state index contributed by atoms with van der Waals surface area (Å²) in [7, 11) is 0. The molecule has 1 saturated heterocycles. The summed E-state index contributed by atoms with van der Waals surface area (Å²) in [6.07, 6.45) is 0.976. The molecule has 0 spiro atoms. The lowest BCUT2D eigenvalue weighted by Gasteiger charge is -2.31. The van der Waals surface area contributed by atoms with Crippen LogP contribution in [0.25, 0.3) is 0 Å². The minimum absolute atomic E-state index is 0. The summed E-state index contributed by atoms with van der Waals surface area (Å²) < 4.78 is 11.7. The lowest BCUT2D eigenvalue weighted by Crippen LogP contribution is -2.36.